The number of aryl methyl sites for hydroxylation is 1. The minimum atomic E-state index is 0.668. The Morgan fingerprint density at radius 1 is 1.05 bits per heavy atom. The van der Waals surface area contributed by atoms with E-state index in [0.29, 0.717) is 18.7 Å². The van der Waals surface area contributed by atoms with Crippen molar-refractivity contribution in [1.29, 1.82) is 10.5 Å². The molecule has 0 N–H and O–H groups in total. The molecular formula is C17H13N3. The minimum absolute atomic E-state index is 0.668. The van der Waals surface area contributed by atoms with Crippen LogP contribution < -0.4 is 0 Å². The topological polar surface area (TPSA) is 50.8 Å². The van der Waals surface area contributed by atoms with Crippen LogP contribution in [0.25, 0.3) is 11.1 Å². The fourth-order valence-corrected chi connectivity index (χ4v) is 2.78. The second-order valence-electron chi connectivity index (χ2n) is 5.04. The zero-order chi connectivity index (χ0) is 14.1. The standard InChI is InChI=1S/C17H13N3/c1-12-7-13(8-18)5-6-15(12)16-4-2-3-14-9-20(11-19)10-17(14)16/h2-7H,9-10H2,1H3. The first-order chi connectivity index (χ1) is 9.72. The fraction of sp³-hybridized carbons (Fsp3) is 0.176. The van der Waals surface area contributed by atoms with E-state index in [0.717, 1.165) is 11.1 Å². The number of nitriles is 2. The first-order valence-electron chi connectivity index (χ1n) is 6.49. The Hall–Kier alpha value is -2.78. The normalized spacial score (nSPS) is 12.7. The van der Waals surface area contributed by atoms with Crippen LogP contribution in [-0.2, 0) is 13.1 Å². The third-order valence-electron chi connectivity index (χ3n) is 3.77. The van der Waals surface area contributed by atoms with Gasteiger partial charge in [-0.25, -0.2) is 0 Å². The van der Waals surface area contributed by atoms with Gasteiger partial charge in [-0.15, -0.1) is 0 Å². The molecule has 2 aromatic rings. The minimum Gasteiger partial charge on any atom is -0.302 e. The molecule has 3 nitrogen and oxygen atoms in total. The number of fused-ring (bicyclic) bond motifs is 1. The monoisotopic (exact) mass is 259 g/mol. The van der Waals surface area contributed by atoms with Crippen molar-refractivity contribution < 1.29 is 0 Å². The maximum absolute atomic E-state index is 9.06. The van der Waals surface area contributed by atoms with Gasteiger partial charge in [-0.3, -0.25) is 0 Å². The van der Waals surface area contributed by atoms with Gasteiger partial charge in [0.2, 0.25) is 0 Å². The zero-order valence-corrected chi connectivity index (χ0v) is 11.2. The molecule has 0 bridgehead atoms. The summed E-state index contributed by atoms with van der Waals surface area (Å²) in [6.45, 7) is 3.38. The van der Waals surface area contributed by atoms with Crippen LogP contribution in [0.4, 0.5) is 0 Å². The van der Waals surface area contributed by atoms with Crippen LogP contribution in [0.1, 0.15) is 22.3 Å². The summed E-state index contributed by atoms with van der Waals surface area (Å²) in [7, 11) is 0. The lowest BCUT2D eigenvalue weighted by molar-refractivity contribution is 0.417. The highest BCUT2D eigenvalue weighted by atomic mass is 15.1. The van der Waals surface area contributed by atoms with Gasteiger partial charge in [-0.1, -0.05) is 24.3 Å². The van der Waals surface area contributed by atoms with E-state index in [4.69, 9.17) is 10.5 Å². The van der Waals surface area contributed by atoms with Gasteiger partial charge in [0.25, 0.3) is 0 Å². The summed E-state index contributed by atoms with van der Waals surface area (Å²) in [6.07, 6.45) is 2.21. The number of rotatable bonds is 1. The molecule has 0 saturated carbocycles. The van der Waals surface area contributed by atoms with E-state index in [9.17, 15) is 0 Å². The summed E-state index contributed by atoms with van der Waals surface area (Å²) in [4.78, 5) is 1.76. The smallest absolute Gasteiger partial charge is 0.179 e. The summed E-state index contributed by atoms with van der Waals surface area (Å²) in [5, 5.41) is 18.0. The van der Waals surface area contributed by atoms with Crippen LogP contribution in [-0.4, -0.2) is 4.90 Å². The molecule has 0 aromatic heterocycles. The molecule has 0 saturated heterocycles. The molecule has 3 heteroatoms. The molecule has 20 heavy (non-hydrogen) atoms. The van der Waals surface area contributed by atoms with Crippen LogP contribution in [0.15, 0.2) is 36.4 Å². The third kappa shape index (κ3) is 1.90. The van der Waals surface area contributed by atoms with Gasteiger partial charge in [0.1, 0.15) is 0 Å². The predicted molar refractivity (Wildman–Crippen MR) is 76.2 cm³/mol. The van der Waals surface area contributed by atoms with Gasteiger partial charge in [-0.05, 0) is 46.9 Å². The van der Waals surface area contributed by atoms with E-state index in [1.165, 1.54) is 16.7 Å². The molecule has 0 fully saturated rings. The molecule has 96 valence electrons. The Bertz CT molecular complexity index is 763. The van der Waals surface area contributed by atoms with E-state index in [-0.39, 0.29) is 0 Å². The van der Waals surface area contributed by atoms with Crippen molar-refractivity contribution >= 4 is 0 Å². The lowest BCUT2D eigenvalue weighted by atomic mass is 9.93. The number of benzene rings is 2. The molecular weight excluding hydrogens is 246 g/mol. The van der Waals surface area contributed by atoms with Gasteiger partial charge in [0.15, 0.2) is 6.19 Å². The highest BCUT2D eigenvalue weighted by Gasteiger charge is 2.21. The molecule has 0 atom stereocenters. The van der Waals surface area contributed by atoms with Crippen molar-refractivity contribution in [3.8, 4) is 23.4 Å². The maximum atomic E-state index is 9.06. The second kappa shape index (κ2) is 4.72. The Balaban J connectivity index is 2.12. The van der Waals surface area contributed by atoms with Gasteiger partial charge in [0, 0.05) is 0 Å². The highest BCUT2D eigenvalue weighted by Crippen LogP contribution is 2.34. The lowest BCUT2D eigenvalue weighted by Crippen LogP contribution is -2.07. The van der Waals surface area contributed by atoms with Crippen LogP contribution in [0.3, 0.4) is 0 Å². The molecule has 1 heterocycles. The number of nitrogens with zero attached hydrogens (tertiary/aromatic N) is 3. The molecule has 0 unspecified atom stereocenters. The molecule has 3 rings (SSSR count). The fourth-order valence-electron chi connectivity index (χ4n) is 2.78. The predicted octanol–water partition coefficient (Wildman–Crippen LogP) is 3.33. The Labute approximate surface area is 118 Å². The lowest BCUT2D eigenvalue weighted by Gasteiger charge is -2.11. The van der Waals surface area contributed by atoms with Crippen molar-refractivity contribution in [3.05, 3.63) is 58.7 Å². The summed E-state index contributed by atoms with van der Waals surface area (Å²) >= 11 is 0. The van der Waals surface area contributed by atoms with Crippen molar-refractivity contribution in [1.82, 2.24) is 4.90 Å². The molecule has 0 spiro atoms. The highest BCUT2D eigenvalue weighted by molar-refractivity contribution is 5.73. The van der Waals surface area contributed by atoms with E-state index in [1.807, 2.05) is 31.2 Å². The van der Waals surface area contributed by atoms with Crippen LogP contribution >= 0.6 is 0 Å². The van der Waals surface area contributed by atoms with Crippen molar-refractivity contribution in [2.45, 2.75) is 20.0 Å². The SMILES string of the molecule is Cc1cc(C#N)ccc1-c1cccc2c1CN(C#N)C2. The van der Waals surface area contributed by atoms with Gasteiger partial charge in [-0.2, -0.15) is 10.5 Å². The van der Waals surface area contributed by atoms with Crippen molar-refractivity contribution in [2.75, 3.05) is 0 Å². The van der Waals surface area contributed by atoms with Crippen LogP contribution in [0.2, 0.25) is 0 Å². The Morgan fingerprint density at radius 2 is 1.90 bits per heavy atom. The summed E-state index contributed by atoms with van der Waals surface area (Å²) in [5.41, 5.74) is 6.52. The van der Waals surface area contributed by atoms with Crippen molar-refractivity contribution in [2.24, 2.45) is 0 Å². The molecule has 0 aliphatic carbocycles. The van der Waals surface area contributed by atoms with E-state index >= 15 is 0 Å². The first-order valence-corrected chi connectivity index (χ1v) is 6.49. The zero-order valence-electron chi connectivity index (χ0n) is 11.2. The van der Waals surface area contributed by atoms with E-state index < -0.39 is 0 Å². The Morgan fingerprint density at radius 3 is 2.60 bits per heavy atom. The Kier molecular flexibility index (Phi) is 2.89. The number of hydrogen-bond acceptors (Lipinski definition) is 3. The summed E-state index contributed by atoms with van der Waals surface area (Å²) in [5.74, 6) is 0. The van der Waals surface area contributed by atoms with E-state index in [2.05, 4.69) is 24.4 Å². The van der Waals surface area contributed by atoms with Crippen molar-refractivity contribution in [3.63, 3.8) is 0 Å². The molecule has 2 aromatic carbocycles. The first kappa shape index (κ1) is 12.3. The molecule has 0 radical (unpaired) electrons. The van der Waals surface area contributed by atoms with E-state index in [1.54, 1.807) is 4.90 Å². The molecule has 0 amide bonds. The number of hydrogen-bond donors (Lipinski definition) is 0. The van der Waals surface area contributed by atoms with Gasteiger partial charge < -0.3 is 4.90 Å². The third-order valence-corrected chi connectivity index (χ3v) is 3.77. The van der Waals surface area contributed by atoms with Gasteiger partial charge in [0.05, 0.1) is 24.7 Å². The largest absolute Gasteiger partial charge is 0.302 e. The second-order valence-corrected chi connectivity index (χ2v) is 5.04. The van der Waals surface area contributed by atoms with Gasteiger partial charge >= 0.3 is 0 Å². The quantitative estimate of drug-likeness (QED) is 0.738. The maximum Gasteiger partial charge on any atom is 0.179 e. The average molecular weight is 259 g/mol. The summed E-state index contributed by atoms with van der Waals surface area (Å²) < 4.78 is 0. The average Bonchev–Trinajstić information content (AvgIpc) is 2.90. The molecule has 1 aliphatic rings. The summed E-state index contributed by atoms with van der Waals surface area (Å²) in [6, 6.07) is 14.1. The van der Waals surface area contributed by atoms with Crippen LogP contribution in [0, 0.1) is 29.7 Å². The van der Waals surface area contributed by atoms with Crippen LogP contribution in [0.5, 0.6) is 0 Å². The molecule has 1 aliphatic heterocycles.